The van der Waals surface area contributed by atoms with Gasteiger partial charge in [-0.1, -0.05) is 64.7 Å². The van der Waals surface area contributed by atoms with Gasteiger partial charge in [0.05, 0.1) is 25.9 Å². The maximum absolute atomic E-state index is 11.6. The fourth-order valence-corrected chi connectivity index (χ4v) is 3.62. The van der Waals surface area contributed by atoms with Crippen LogP contribution in [0.5, 0.6) is 0 Å². The molecule has 0 saturated carbocycles. The van der Waals surface area contributed by atoms with Gasteiger partial charge in [0, 0.05) is 0 Å². The lowest BCUT2D eigenvalue weighted by Gasteiger charge is -2.20. The van der Waals surface area contributed by atoms with Crippen LogP contribution in [0.25, 0.3) is 0 Å². The van der Waals surface area contributed by atoms with E-state index >= 15 is 0 Å². The molecule has 0 bridgehead atoms. The molecular weight excluding hydrogens is 548 g/mol. The van der Waals surface area contributed by atoms with E-state index in [-0.39, 0.29) is 18.9 Å². The first-order chi connectivity index (χ1) is 17.1. The third-order valence-corrected chi connectivity index (χ3v) is 6.12. The topological polar surface area (TPSA) is 320 Å². The summed E-state index contributed by atoms with van der Waals surface area (Å²) in [5, 5.41) is 41.1. The molecule has 0 spiro atoms. The number of unbranched alkanes of at least 4 members (excludes halogenated alkanes) is 9. The molecule has 12 N–H and O–H groups in total. The maximum Gasteiger partial charge on any atom is 0.336 e. The second-order valence-corrected chi connectivity index (χ2v) is 10.0. The third kappa shape index (κ3) is 24.0. The number of hydrogen-bond acceptors (Lipinski definition) is 11. The highest BCUT2D eigenvalue weighted by Crippen LogP contribution is 2.17. The highest BCUT2D eigenvalue weighted by molar-refractivity contribution is 7.87. The van der Waals surface area contributed by atoms with Gasteiger partial charge in [0.2, 0.25) is 0 Å². The summed E-state index contributed by atoms with van der Waals surface area (Å²) in [6.45, 7) is 2.35. The van der Waals surface area contributed by atoms with Gasteiger partial charge in [-0.05, 0) is 6.42 Å². The molecule has 0 aliphatic heterocycles. The average molecular weight is 593 g/mol. The highest BCUT2D eigenvalue weighted by atomic mass is 32.2. The number of aliphatic carboxylic acids is 4. The Morgan fingerprint density at radius 1 is 0.744 bits per heavy atom. The molecule has 2 atom stereocenters. The zero-order valence-electron chi connectivity index (χ0n) is 22.2. The second kappa shape index (κ2) is 23.1. The van der Waals surface area contributed by atoms with Crippen LogP contribution in [0, 0.1) is 0 Å². The smallest absolute Gasteiger partial charge is 0.336 e. The fourth-order valence-electron chi connectivity index (χ4n) is 3.01. The summed E-state index contributed by atoms with van der Waals surface area (Å²) in [6, 6.07) is 0. The molecule has 0 aromatic carbocycles. The minimum absolute atomic E-state index is 0. The molecule has 16 nitrogen and oxygen atoms in total. The van der Waals surface area contributed by atoms with Crippen molar-refractivity contribution in [1.82, 2.24) is 12.3 Å². The first-order valence-electron chi connectivity index (χ1n) is 11.8. The largest absolute Gasteiger partial charge is 0.481 e. The van der Waals surface area contributed by atoms with Crippen LogP contribution >= 0.6 is 0 Å². The lowest BCUT2D eigenvalue weighted by molar-refractivity contribution is -0.172. The highest BCUT2D eigenvalue weighted by Gasteiger charge is 2.41. The first kappa shape index (κ1) is 43.2. The van der Waals surface area contributed by atoms with Gasteiger partial charge in [0.15, 0.2) is 10.9 Å². The SMILES string of the molecule is CCCCCCCCCCCCOC(=O)CC(O)(CC(=O)O)C(=O)O.N.N.O=C(O)CC(C(=O)O)S(=O)(=O)O. The molecule has 232 valence electrons. The van der Waals surface area contributed by atoms with Gasteiger partial charge in [-0.3, -0.25) is 23.7 Å². The lowest BCUT2D eigenvalue weighted by atomic mass is 9.96. The minimum atomic E-state index is -4.84. The Kier molecular flexibility index (Phi) is 25.5. The minimum Gasteiger partial charge on any atom is -0.481 e. The molecule has 0 fully saturated rings. The predicted molar refractivity (Wildman–Crippen MR) is 138 cm³/mol. The number of ether oxygens (including phenoxy) is 1. The lowest BCUT2D eigenvalue weighted by Crippen LogP contribution is -2.43. The molecule has 0 aromatic rings. The summed E-state index contributed by atoms with van der Waals surface area (Å²) in [6.07, 6.45) is 8.33. The molecular formula is C22H44N2O14S. The maximum atomic E-state index is 11.6. The zero-order valence-corrected chi connectivity index (χ0v) is 23.1. The van der Waals surface area contributed by atoms with Gasteiger partial charge in [-0.15, -0.1) is 0 Å². The quantitative estimate of drug-likeness (QED) is 0.0570. The standard InChI is InChI=1S/C18H32O7.C4H6O7S.2H3N/c1-2-3-4-5-6-7-8-9-10-11-12-25-16(21)14-18(24,17(22)23)13-15(19)20;5-3(6)1-2(4(7)8)12(9,10)11;;/h24H,2-14H2,1H3,(H,19,20)(H,22,23);2H,1H2,(H,5,6)(H,7,8)(H,9,10,11);2*1H3. The van der Waals surface area contributed by atoms with Crippen molar-refractivity contribution in [2.24, 2.45) is 0 Å². The monoisotopic (exact) mass is 592 g/mol. The van der Waals surface area contributed by atoms with Gasteiger partial charge in [-0.25, -0.2) is 4.79 Å². The van der Waals surface area contributed by atoms with E-state index in [4.69, 9.17) is 29.7 Å². The van der Waals surface area contributed by atoms with Crippen LogP contribution < -0.4 is 12.3 Å². The summed E-state index contributed by atoms with van der Waals surface area (Å²) < 4.78 is 33.6. The Labute approximate surface area is 227 Å². The van der Waals surface area contributed by atoms with Crippen LogP contribution in [0.15, 0.2) is 0 Å². The van der Waals surface area contributed by atoms with Gasteiger partial charge < -0.3 is 42.6 Å². The predicted octanol–water partition coefficient (Wildman–Crippen LogP) is 2.26. The van der Waals surface area contributed by atoms with Crippen LogP contribution in [-0.4, -0.2) is 85.8 Å². The van der Waals surface area contributed by atoms with Crippen molar-refractivity contribution in [3.05, 3.63) is 0 Å². The van der Waals surface area contributed by atoms with E-state index in [1.807, 2.05) is 0 Å². The molecule has 17 heteroatoms. The summed E-state index contributed by atoms with van der Waals surface area (Å²) >= 11 is 0. The number of rotatable bonds is 20. The van der Waals surface area contributed by atoms with E-state index < -0.39 is 70.1 Å². The normalized spacial score (nSPS) is 12.7. The molecule has 0 saturated heterocycles. The number of hydrogen-bond donors (Lipinski definition) is 8. The van der Waals surface area contributed by atoms with Crippen molar-refractivity contribution in [3.8, 4) is 0 Å². The number of carboxylic acid groups (broad SMARTS) is 4. The summed E-state index contributed by atoms with van der Waals surface area (Å²) in [7, 11) is -4.84. The van der Waals surface area contributed by atoms with Crippen LogP contribution in [0.1, 0.15) is 90.4 Å². The summed E-state index contributed by atoms with van der Waals surface area (Å²) in [5.74, 6) is -7.64. The van der Waals surface area contributed by atoms with Crippen molar-refractivity contribution in [1.29, 1.82) is 0 Å². The molecule has 0 amide bonds. The van der Waals surface area contributed by atoms with Crippen LogP contribution in [0.2, 0.25) is 0 Å². The molecule has 2 unspecified atom stereocenters. The van der Waals surface area contributed by atoms with E-state index in [1.54, 1.807) is 0 Å². The molecule has 0 aliphatic carbocycles. The Morgan fingerprint density at radius 2 is 1.18 bits per heavy atom. The van der Waals surface area contributed by atoms with Gasteiger partial charge >= 0.3 is 29.8 Å². The Bertz CT molecular complexity index is 850. The Hall–Kier alpha value is -2.86. The number of carboxylic acids is 4. The molecule has 0 aromatic heterocycles. The third-order valence-electron chi connectivity index (χ3n) is 5.03. The number of aliphatic hydroxyl groups is 1. The van der Waals surface area contributed by atoms with Crippen molar-refractivity contribution in [2.75, 3.05) is 6.61 Å². The van der Waals surface area contributed by atoms with Crippen molar-refractivity contribution in [2.45, 2.75) is 101 Å². The van der Waals surface area contributed by atoms with E-state index in [0.717, 1.165) is 19.3 Å². The number of carbonyl (C=O) groups is 5. The zero-order chi connectivity index (χ0) is 29.1. The average Bonchev–Trinajstić information content (AvgIpc) is 2.74. The Balaban J connectivity index is -0.000000371. The summed E-state index contributed by atoms with van der Waals surface area (Å²) in [5.41, 5.74) is -2.62. The molecule has 0 rings (SSSR count). The molecule has 39 heavy (non-hydrogen) atoms. The Morgan fingerprint density at radius 3 is 1.49 bits per heavy atom. The van der Waals surface area contributed by atoms with Crippen molar-refractivity contribution in [3.63, 3.8) is 0 Å². The fraction of sp³-hybridized carbons (Fsp3) is 0.773. The van der Waals surface area contributed by atoms with Crippen molar-refractivity contribution >= 4 is 40.0 Å². The number of esters is 1. The van der Waals surface area contributed by atoms with Gasteiger partial charge in [-0.2, -0.15) is 8.42 Å². The van der Waals surface area contributed by atoms with E-state index in [0.29, 0.717) is 6.42 Å². The van der Waals surface area contributed by atoms with Crippen LogP contribution in [0.3, 0.4) is 0 Å². The number of carbonyl (C=O) groups excluding carboxylic acids is 1. The molecule has 0 radical (unpaired) electrons. The summed E-state index contributed by atoms with van der Waals surface area (Å²) in [4.78, 5) is 53.1. The molecule has 0 heterocycles. The van der Waals surface area contributed by atoms with Crippen LogP contribution in [0.4, 0.5) is 0 Å². The second-order valence-electron chi connectivity index (χ2n) is 8.43. The van der Waals surface area contributed by atoms with E-state index in [1.165, 1.54) is 38.5 Å². The van der Waals surface area contributed by atoms with Gasteiger partial charge in [0.25, 0.3) is 10.1 Å². The molecule has 0 aliphatic rings. The van der Waals surface area contributed by atoms with Crippen molar-refractivity contribution < 1.29 is 67.2 Å². The van der Waals surface area contributed by atoms with Gasteiger partial charge in [0.1, 0.15) is 0 Å². The van der Waals surface area contributed by atoms with Crippen LogP contribution in [-0.2, 0) is 38.8 Å². The van der Waals surface area contributed by atoms with E-state index in [2.05, 4.69) is 6.92 Å². The first-order valence-corrected chi connectivity index (χ1v) is 13.3. The van der Waals surface area contributed by atoms with E-state index in [9.17, 15) is 37.5 Å².